The largest absolute Gasteiger partial charge is 0.481 e. The molecule has 0 heterocycles. The monoisotopic (exact) mass is 693 g/mol. The lowest BCUT2D eigenvalue weighted by Gasteiger charge is -2.18. The quantitative estimate of drug-likeness (QED) is 0.0403. The summed E-state index contributed by atoms with van der Waals surface area (Å²) in [7, 11) is 0. The maximum atomic E-state index is 12.7. The number of hydrogen-bond donors (Lipinski definition) is 1. The fourth-order valence-corrected chi connectivity index (χ4v) is 5.60. The highest BCUT2D eigenvalue weighted by molar-refractivity contribution is 5.69. The lowest BCUT2D eigenvalue weighted by atomic mass is 10.0. The van der Waals surface area contributed by atoms with Crippen LogP contribution in [0.5, 0.6) is 0 Å². The van der Waals surface area contributed by atoms with Gasteiger partial charge in [-0.1, -0.05) is 150 Å². The lowest BCUT2D eigenvalue weighted by Crippen LogP contribution is -2.18. The van der Waals surface area contributed by atoms with E-state index in [1.54, 1.807) is 0 Å². The molecule has 0 saturated heterocycles. The third-order valence-corrected chi connectivity index (χ3v) is 8.60. The molecule has 1 N–H and O–H groups in total. The number of rotatable bonds is 36. The average molecular weight is 693 g/mol. The van der Waals surface area contributed by atoms with Crippen molar-refractivity contribution in [3.63, 3.8) is 0 Å². The van der Waals surface area contributed by atoms with Crippen molar-refractivity contribution in [3.8, 4) is 0 Å². The molecule has 0 saturated carbocycles. The summed E-state index contributed by atoms with van der Waals surface area (Å²) in [5.41, 5.74) is 0. The second-order valence-corrected chi connectivity index (χ2v) is 13.4. The van der Waals surface area contributed by atoms with E-state index in [9.17, 15) is 9.59 Å². The summed E-state index contributed by atoms with van der Waals surface area (Å²) in [5, 5.41) is 8.83. The highest BCUT2D eigenvalue weighted by atomic mass is 16.5. The molecular formula is C46H76O4. The van der Waals surface area contributed by atoms with Gasteiger partial charge >= 0.3 is 11.9 Å². The molecule has 0 aliphatic rings. The molecule has 1 atom stereocenters. The molecule has 0 aliphatic carbocycles. The first-order valence-electron chi connectivity index (χ1n) is 20.6. The van der Waals surface area contributed by atoms with Crippen LogP contribution < -0.4 is 0 Å². The van der Waals surface area contributed by atoms with Crippen molar-refractivity contribution in [2.45, 2.75) is 193 Å². The van der Waals surface area contributed by atoms with E-state index in [1.165, 1.54) is 38.5 Å². The second-order valence-electron chi connectivity index (χ2n) is 13.4. The number of carbonyl (C=O) groups excluding carboxylic acids is 1. The van der Waals surface area contributed by atoms with Gasteiger partial charge in [0.15, 0.2) is 0 Å². The molecule has 0 amide bonds. The predicted molar refractivity (Wildman–Crippen MR) is 218 cm³/mol. The molecule has 0 bridgehead atoms. The Kier molecular flexibility index (Phi) is 38.2. The van der Waals surface area contributed by atoms with E-state index < -0.39 is 5.97 Å². The predicted octanol–water partition coefficient (Wildman–Crippen LogP) is 14.4. The molecule has 0 aromatic rings. The lowest BCUT2D eigenvalue weighted by molar-refractivity contribution is -0.150. The number of carboxylic acid groups (broad SMARTS) is 1. The van der Waals surface area contributed by atoms with Crippen LogP contribution in [0.1, 0.15) is 187 Å². The second kappa shape index (κ2) is 40.5. The fraction of sp³-hybridized carbons (Fsp3) is 0.652. The van der Waals surface area contributed by atoms with Gasteiger partial charge in [-0.3, -0.25) is 9.59 Å². The van der Waals surface area contributed by atoms with E-state index in [-0.39, 0.29) is 18.5 Å². The molecule has 0 rings (SSSR count). The normalized spacial score (nSPS) is 13.2. The van der Waals surface area contributed by atoms with E-state index in [2.05, 4.69) is 98.9 Å². The SMILES string of the molecule is CC/C=C\C/C=C\C/C=C\C/C=C\C/C=C\CCCCCC(=O)OC(CCC/C=C\C/C=C\CCCCCCC)CCCCCCCC(=O)O. The Labute approximate surface area is 309 Å². The van der Waals surface area contributed by atoms with E-state index in [0.29, 0.717) is 6.42 Å². The Morgan fingerprint density at radius 2 is 0.860 bits per heavy atom. The van der Waals surface area contributed by atoms with Crippen LogP contribution in [0, 0.1) is 0 Å². The zero-order valence-corrected chi connectivity index (χ0v) is 32.4. The summed E-state index contributed by atoms with van der Waals surface area (Å²) in [6, 6.07) is 0. The van der Waals surface area contributed by atoms with E-state index in [1.807, 2.05) is 0 Å². The first kappa shape index (κ1) is 47.1. The molecule has 0 aromatic carbocycles. The van der Waals surface area contributed by atoms with Crippen LogP contribution in [0.4, 0.5) is 0 Å². The van der Waals surface area contributed by atoms with Crippen molar-refractivity contribution in [1.82, 2.24) is 0 Å². The highest BCUT2D eigenvalue weighted by Gasteiger charge is 2.14. The Balaban J connectivity index is 4.20. The molecule has 1 unspecified atom stereocenters. The summed E-state index contributed by atoms with van der Waals surface area (Å²) < 4.78 is 5.97. The molecule has 4 nitrogen and oxygen atoms in total. The maximum Gasteiger partial charge on any atom is 0.306 e. The highest BCUT2D eigenvalue weighted by Crippen LogP contribution is 2.17. The maximum absolute atomic E-state index is 12.7. The minimum atomic E-state index is -0.714. The van der Waals surface area contributed by atoms with E-state index in [0.717, 1.165) is 122 Å². The van der Waals surface area contributed by atoms with Crippen molar-refractivity contribution in [2.75, 3.05) is 0 Å². The summed E-state index contributed by atoms with van der Waals surface area (Å²) >= 11 is 0. The summed E-state index contributed by atoms with van der Waals surface area (Å²) in [6.45, 7) is 4.41. The van der Waals surface area contributed by atoms with E-state index in [4.69, 9.17) is 9.84 Å². The number of unbranched alkanes of at least 4 members (excludes halogenated alkanes) is 13. The molecule has 0 aromatic heterocycles. The summed E-state index contributed by atoms with van der Waals surface area (Å²) in [6.07, 6.45) is 58.8. The standard InChI is InChI=1S/C46H76O4/c1-3-5-7-9-11-13-15-17-18-19-20-21-22-24-26-28-30-35-39-43-46(49)50-44(41-37-33-31-34-38-42-45(47)48)40-36-32-29-27-25-23-16-14-12-10-8-6-4-2/h5,7,11,13,16-18,20-21,23-24,26-27,29,44H,3-4,6,8-10,12,14-15,19,22,25,28,30-43H2,1-2H3,(H,47,48)/b7-5-,13-11-,18-17-,21-20-,23-16-,26-24-,29-27-. The van der Waals surface area contributed by atoms with Gasteiger partial charge in [-0.2, -0.15) is 0 Å². The summed E-state index contributed by atoms with van der Waals surface area (Å²) in [4.78, 5) is 23.4. The van der Waals surface area contributed by atoms with Crippen LogP contribution in [0.25, 0.3) is 0 Å². The Morgan fingerprint density at radius 1 is 0.460 bits per heavy atom. The first-order valence-corrected chi connectivity index (χ1v) is 20.6. The van der Waals surface area contributed by atoms with Gasteiger partial charge in [0.1, 0.15) is 6.10 Å². The third-order valence-electron chi connectivity index (χ3n) is 8.60. The van der Waals surface area contributed by atoms with Gasteiger partial charge < -0.3 is 9.84 Å². The fourth-order valence-electron chi connectivity index (χ4n) is 5.60. The van der Waals surface area contributed by atoms with E-state index >= 15 is 0 Å². The molecular weight excluding hydrogens is 617 g/mol. The van der Waals surface area contributed by atoms with Crippen molar-refractivity contribution in [3.05, 3.63) is 85.1 Å². The minimum absolute atomic E-state index is 0.0104. The topological polar surface area (TPSA) is 63.6 Å². The molecule has 0 fully saturated rings. The number of carbonyl (C=O) groups is 2. The Hall–Kier alpha value is -2.88. The van der Waals surface area contributed by atoms with Gasteiger partial charge in [-0.15, -0.1) is 0 Å². The van der Waals surface area contributed by atoms with Crippen LogP contribution >= 0.6 is 0 Å². The molecule has 0 spiro atoms. The van der Waals surface area contributed by atoms with Gasteiger partial charge in [0, 0.05) is 12.8 Å². The molecule has 4 heteroatoms. The van der Waals surface area contributed by atoms with Crippen molar-refractivity contribution >= 4 is 11.9 Å². The van der Waals surface area contributed by atoms with Crippen molar-refractivity contribution < 1.29 is 19.4 Å². The van der Waals surface area contributed by atoms with Gasteiger partial charge in [0.2, 0.25) is 0 Å². The average Bonchev–Trinajstić information content (AvgIpc) is 3.10. The number of hydrogen-bond acceptors (Lipinski definition) is 3. The number of esters is 1. The van der Waals surface area contributed by atoms with Crippen LogP contribution in [0.15, 0.2) is 85.1 Å². The Bertz CT molecular complexity index is 965. The van der Waals surface area contributed by atoms with Crippen LogP contribution in [0.2, 0.25) is 0 Å². The first-order chi connectivity index (χ1) is 24.6. The minimum Gasteiger partial charge on any atom is -0.481 e. The van der Waals surface area contributed by atoms with Crippen molar-refractivity contribution in [2.24, 2.45) is 0 Å². The Morgan fingerprint density at radius 3 is 1.40 bits per heavy atom. The van der Waals surface area contributed by atoms with Crippen LogP contribution in [-0.4, -0.2) is 23.1 Å². The number of ether oxygens (including phenoxy) is 1. The van der Waals surface area contributed by atoms with Crippen LogP contribution in [-0.2, 0) is 14.3 Å². The summed E-state index contributed by atoms with van der Waals surface area (Å²) in [5.74, 6) is -0.768. The third kappa shape index (κ3) is 39.6. The van der Waals surface area contributed by atoms with Gasteiger partial charge in [-0.25, -0.2) is 0 Å². The van der Waals surface area contributed by atoms with Gasteiger partial charge in [0.25, 0.3) is 0 Å². The van der Waals surface area contributed by atoms with Gasteiger partial charge in [0.05, 0.1) is 0 Å². The van der Waals surface area contributed by atoms with Gasteiger partial charge in [-0.05, 0) is 109 Å². The van der Waals surface area contributed by atoms with Crippen molar-refractivity contribution in [1.29, 1.82) is 0 Å². The number of allylic oxidation sites excluding steroid dienone is 14. The number of aliphatic carboxylic acids is 1. The number of carboxylic acids is 1. The zero-order valence-electron chi connectivity index (χ0n) is 32.4. The molecule has 50 heavy (non-hydrogen) atoms. The zero-order chi connectivity index (χ0) is 36.4. The van der Waals surface area contributed by atoms with Crippen LogP contribution in [0.3, 0.4) is 0 Å². The molecule has 0 radical (unpaired) electrons. The smallest absolute Gasteiger partial charge is 0.306 e. The molecule has 0 aliphatic heterocycles. The molecule has 284 valence electrons.